The highest BCUT2D eigenvalue weighted by atomic mass is 32.2. The van der Waals surface area contributed by atoms with Crippen LogP contribution in [0.4, 0.5) is 0 Å². The normalized spacial score (nSPS) is 15.5. The second-order valence-corrected chi connectivity index (χ2v) is 9.42. The lowest BCUT2D eigenvalue weighted by atomic mass is 10.0. The molecule has 1 amide bonds. The highest BCUT2D eigenvalue weighted by molar-refractivity contribution is 7.89. The molecule has 1 saturated heterocycles. The second-order valence-electron chi connectivity index (χ2n) is 7.48. The van der Waals surface area contributed by atoms with E-state index in [0.717, 1.165) is 5.56 Å². The predicted molar refractivity (Wildman–Crippen MR) is 119 cm³/mol. The molecule has 0 saturated carbocycles. The van der Waals surface area contributed by atoms with Gasteiger partial charge in [-0.1, -0.05) is 18.2 Å². The summed E-state index contributed by atoms with van der Waals surface area (Å²) in [6.07, 6.45) is 1.16. The molecule has 0 atom stereocenters. The number of nitrogens with one attached hydrogen (secondary N) is 1. The highest BCUT2D eigenvalue weighted by Crippen LogP contribution is 2.23. The SMILES string of the molecule is CCOCCOc1ccc(S(=O)(=O)N2CCC(NC(=O)c3ccccc3C)CC2)cc1. The van der Waals surface area contributed by atoms with Crippen molar-refractivity contribution >= 4 is 15.9 Å². The lowest BCUT2D eigenvalue weighted by Crippen LogP contribution is -2.46. The van der Waals surface area contributed by atoms with Crippen molar-refractivity contribution in [1.29, 1.82) is 0 Å². The number of carbonyl (C=O) groups is 1. The average Bonchev–Trinajstić information content (AvgIpc) is 2.78. The van der Waals surface area contributed by atoms with Crippen LogP contribution in [0, 0.1) is 6.92 Å². The zero-order chi connectivity index (χ0) is 22.3. The lowest BCUT2D eigenvalue weighted by molar-refractivity contribution is 0.0923. The van der Waals surface area contributed by atoms with Crippen molar-refractivity contribution in [3.8, 4) is 5.75 Å². The van der Waals surface area contributed by atoms with Crippen molar-refractivity contribution in [3.63, 3.8) is 0 Å². The molecule has 31 heavy (non-hydrogen) atoms. The summed E-state index contributed by atoms with van der Waals surface area (Å²) in [6.45, 7) is 6.10. The summed E-state index contributed by atoms with van der Waals surface area (Å²) in [5.41, 5.74) is 1.58. The van der Waals surface area contributed by atoms with Gasteiger partial charge in [-0.15, -0.1) is 0 Å². The number of nitrogens with zero attached hydrogens (tertiary/aromatic N) is 1. The van der Waals surface area contributed by atoms with Crippen LogP contribution in [0.25, 0.3) is 0 Å². The van der Waals surface area contributed by atoms with Crippen LogP contribution in [0.3, 0.4) is 0 Å². The number of hydrogen-bond donors (Lipinski definition) is 1. The van der Waals surface area contributed by atoms with E-state index in [2.05, 4.69) is 5.32 Å². The van der Waals surface area contributed by atoms with Crippen molar-refractivity contribution in [2.45, 2.75) is 37.6 Å². The largest absolute Gasteiger partial charge is 0.491 e. The van der Waals surface area contributed by atoms with Crippen LogP contribution >= 0.6 is 0 Å². The molecule has 7 nitrogen and oxygen atoms in total. The van der Waals surface area contributed by atoms with Gasteiger partial charge in [-0.25, -0.2) is 8.42 Å². The van der Waals surface area contributed by atoms with Crippen molar-refractivity contribution in [2.24, 2.45) is 0 Å². The molecule has 1 N–H and O–H groups in total. The van der Waals surface area contributed by atoms with Gasteiger partial charge in [-0.2, -0.15) is 4.31 Å². The van der Waals surface area contributed by atoms with E-state index >= 15 is 0 Å². The first kappa shape index (κ1) is 23.2. The van der Waals surface area contributed by atoms with Gasteiger partial charge in [-0.3, -0.25) is 4.79 Å². The fraction of sp³-hybridized carbons (Fsp3) is 0.435. The number of hydrogen-bond acceptors (Lipinski definition) is 5. The topological polar surface area (TPSA) is 84.9 Å². The molecule has 0 aromatic heterocycles. The maximum Gasteiger partial charge on any atom is 0.251 e. The molecule has 2 aromatic carbocycles. The maximum absolute atomic E-state index is 13.0. The molecule has 2 aromatic rings. The number of rotatable bonds is 9. The number of benzene rings is 2. The van der Waals surface area contributed by atoms with Crippen LogP contribution in [-0.2, 0) is 14.8 Å². The average molecular weight is 447 g/mol. The fourth-order valence-corrected chi connectivity index (χ4v) is 5.02. The van der Waals surface area contributed by atoms with Crippen LogP contribution in [0.5, 0.6) is 5.75 Å². The molecule has 1 aliphatic heterocycles. The molecule has 3 rings (SSSR count). The first-order chi connectivity index (χ1) is 14.9. The van der Waals surface area contributed by atoms with Gasteiger partial charge in [-0.05, 0) is 62.6 Å². The Kier molecular flexibility index (Phi) is 8.06. The molecule has 1 heterocycles. The molecule has 0 aliphatic carbocycles. The zero-order valence-corrected chi connectivity index (χ0v) is 18.9. The number of aryl methyl sites for hydroxylation is 1. The third kappa shape index (κ3) is 6.06. The van der Waals surface area contributed by atoms with E-state index in [1.54, 1.807) is 30.3 Å². The molecular weight excluding hydrogens is 416 g/mol. The summed E-state index contributed by atoms with van der Waals surface area (Å²) in [7, 11) is -3.58. The number of piperidine rings is 1. The number of sulfonamides is 1. The Morgan fingerprint density at radius 2 is 1.74 bits per heavy atom. The van der Waals surface area contributed by atoms with Crippen molar-refractivity contribution < 1.29 is 22.7 Å². The number of ether oxygens (including phenoxy) is 2. The van der Waals surface area contributed by atoms with Gasteiger partial charge in [0.1, 0.15) is 12.4 Å². The van der Waals surface area contributed by atoms with E-state index < -0.39 is 10.0 Å². The smallest absolute Gasteiger partial charge is 0.251 e. The second kappa shape index (κ2) is 10.7. The Morgan fingerprint density at radius 3 is 2.39 bits per heavy atom. The van der Waals surface area contributed by atoms with E-state index in [-0.39, 0.29) is 16.8 Å². The summed E-state index contributed by atoms with van der Waals surface area (Å²) in [6, 6.07) is 13.9. The van der Waals surface area contributed by atoms with Crippen LogP contribution in [0.2, 0.25) is 0 Å². The first-order valence-electron chi connectivity index (χ1n) is 10.6. The molecule has 0 bridgehead atoms. The van der Waals surface area contributed by atoms with Gasteiger partial charge in [0.15, 0.2) is 0 Å². The van der Waals surface area contributed by atoms with Crippen molar-refractivity contribution in [3.05, 3.63) is 59.7 Å². The molecule has 1 aliphatic rings. The van der Waals surface area contributed by atoms with Gasteiger partial charge < -0.3 is 14.8 Å². The third-order valence-corrected chi connectivity index (χ3v) is 7.25. The molecule has 0 radical (unpaired) electrons. The van der Waals surface area contributed by atoms with Gasteiger partial charge >= 0.3 is 0 Å². The summed E-state index contributed by atoms with van der Waals surface area (Å²) < 4.78 is 38.2. The molecule has 168 valence electrons. The van der Waals surface area contributed by atoms with Gasteiger partial charge in [0.2, 0.25) is 10.0 Å². The minimum Gasteiger partial charge on any atom is -0.491 e. The Morgan fingerprint density at radius 1 is 1.06 bits per heavy atom. The summed E-state index contributed by atoms with van der Waals surface area (Å²) in [5, 5.41) is 3.04. The Bertz CT molecular complexity index is 968. The number of carbonyl (C=O) groups excluding carboxylic acids is 1. The quantitative estimate of drug-likeness (QED) is 0.599. The van der Waals surface area contributed by atoms with Crippen molar-refractivity contribution in [1.82, 2.24) is 9.62 Å². The molecule has 0 unspecified atom stereocenters. The summed E-state index contributed by atoms with van der Waals surface area (Å²) in [5.74, 6) is 0.496. The summed E-state index contributed by atoms with van der Waals surface area (Å²) >= 11 is 0. The van der Waals surface area contributed by atoms with E-state index in [0.29, 0.717) is 57.1 Å². The molecular formula is C23H30N2O5S. The minimum atomic E-state index is -3.58. The van der Waals surface area contributed by atoms with Gasteiger partial charge in [0, 0.05) is 31.3 Å². The zero-order valence-electron chi connectivity index (χ0n) is 18.0. The Hall–Kier alpha value is -2.42. The van der Waals surface area contributed by atoms with Gasteiger partial charge in [0.25, 0.3) is 5.91 Å². The fourth-order valence-electron chi connectivity index (χ4n) is 3.55. The molecule has 8 heteroatoms. The van der Waals surface area contributed by atoms with E-state index in [9.17, 15) is 13.2 Å². The Balaban J connectivity index is 1.53. The minimum absolute atomic E-state index is 0.0420. The first-order valence-corrected chi connectivity index (χ1v) is 12.0. The molecule has 0 spiro atoms. The van der Waals surface area contributed by atoms with E-state index in [1.807, 2.05) is 32.0 Å². The van der Waals surface area contributed by atoms with Crippen LogP contribution in [0.1, 0.15) is 35.7 Å². The predicted octanol–water partition coefficient (Wildman–Crippen LogP) is 2.99. The van der Waals surface area contributed by atoms with Crippen molar-refractivity contribution in [2.75, 3.05) is 32.9 Å². The Labute approximate surface area is 184 Å². The molecule has 1 fully saturated rings. The maximum atomic E-state index is 13.0. The summed E-state index contributed by atoms with van der Waals surface area (Å²) in [4.78, 5) is 12.8. The van der Waals surface area contributed by atoms with Crippen LogP contribution < -0.4 is 10.1 Å². The lowest BCUT2D eigenvalue weighted by Gasteiger charge is -2.31. The van der Waals surface area contributed by atoms with Crippen LogP contribution in [0.15, 0.2) is 53.4 Å². The van der Waals surface area contributed by atoms with E-state index in [4.69, 9.17) is 9.47 Å². The standard InChI is InChI=1S/C23H30N2O5S/c1-3-29-16-17-30-20-8-10-21(11-9-20)31(27,28)25-14-12-19(13-15-25)24-23(26)22-7-5-4-6-18(22)2/h4-11,19H,3,12-17H2,1-2H3,(H,24,26). The third-order valence-electron chi connectivity index (χ3n) is 5.34. The monoisotopic (exact) mass is 446 g/mol. The highest BCUT2D eigenvalue weighted by Gasteiger charge is 2.30. The number of amides is 1. The van der Waals surface area contributed by atoms with Crippen LogP contribution in [-0.4, -0.2) is 57.6 Å². The van der Waals surface area contributed by atoms with Gasteiger partial charge in [0.05, 0.1) is 11.5 Å². The van der Waals surface area contributed by atoms with E-state index in [1.165, 1.54) is 4.31 Å².